The van der Waals surface area contributed by atoms with Gasteiger partial charge in [0.1, 0.15) is 12.2 Å². The van der Waals surface area contributed by atoms with Crippen LogP contribution in [0.2, 0.25) is 0 Å². The first kappa shape index (κ1) is 27.1. The van der Waals surface area contributed by atoms with E-state index in [2.05, 4.69) is 11.7 Å². The first-order valence-electron chi connectivity index (χ1n) is 12.1. The molecule has 0 N–H and O–H groups in total. The van der Waals surface area contributed by atoms with Crippen molar-refractivity contribution in [3.63, 3.8) is 0 Å². The SMILES string of the molecule is CCCC1CCC(C(=O)OC2COC(C3CCC(OC(=O)C(F)(F)C(F)(F)F)CC3)OC2)CC1. The summed E-state index contributed by atoms with van der Waals surface area (Å²) in [6.45, 7) is 2.51. The summed E-state index contributed by atoms with van der Waals surface area (Å²) >= 11 is 0. The zero-order valence-electron chi connectivity index (χ0n) is 19.3. The van der Waals surface area contributed by atoms with Gasteiger partial charge in [0.15, 0.2) is 6.29 Å². The van der Waals surface area contributed by atoms with Gasteiger partial charge in [0.2, 0.25) is 0 Å². The van der Waals surface area contributed by atoms with Crippen LogP contribution >= 0.6 is 0 Å². The van der Waals surface area contributed by atoms with Crippen molar-refractivity contribution in [2.24, 2.45) is 17.8 Å². The van der Waals surface area contributed by atoms with Gasteiger partial charge in [-0.1, -0.05) is 19.8 Å². The molecule has 0 atom stereocenters. The lowest BCUT2D eigenvalue weighted by atomic mass is 9.80. The third kappa shape index (κ3) is 6.80. The standard InChI is InChI=1S/C23H33F5O6/c1-2-3-14-4-6-15(7-5-14)19(29)33-18-12-31-20(32-13-18)16-8-10-17(11-9-16)34-21(30)22(24,25)23(26,27)28/h14-18,20H,2-13H2,1H3. The molecule has 196 valence electrons. The van der Waals surface area contributed by atoms with Crippen molar-refractivity contribution >= 4 is 11.9 Å². The number of hydrogen-bond acceptors (Lipinski definition) is 6. The molecule has 1 heterocycles. The molecule has 34 heavy (non-hydrogen) atoms. The van der Waals surface area contributed by atoms with E-state index in [9.17, 15) is 31.5 Å². The van der Waals surface area contributed by atoms with Crippen molar-refractivity contribution in [3.05, 3.63) is 0 Å². The molecule has 1 aliphatic heterocycles. The first-order chi connectivity index (χ1) is 16.0. The summed E-state index contributed by atoms with van der Waals surface area (Å²) in [4.78, 5) is 23.7. The maximum atomic E-state index is 13.1. The summed E-state index contributed by atoms with van der Waals surface area (Å²) in [5.41, 5.74) is 0. The average molecular weight is 501 g/mol. The lowest BCUT2D eigenvalue weighted by Gasteiger charge is -2.37. The molecule has 3 aliphatic rings. The maximum Gasteiger partial charge on any atom is 0.465 e. The second kappa shape index (κ2) is 11.5. The summed E-state index contributed by atoms with van der Waals surface area (Å²) < 4.78 is 84.4. The molecule has 6 nitrogen and oxygen atoms in total. The molecule has 0 amide bonds. The number of carbonyl (C=O) groups excluding carboxylic acids is 2. The normalized spacial score (nSPS) is 33.2. The second-order valence-electron chi connectivity index (χ2n) is 9.61. The predicted molar refractivity (Wildman–Crippen MR) is 109 cm³/mol. The molecule has 3 rings (SSSR count). The largest absolute Gasteiger partial charge is 0.465 e. The van der Waals surface area contributed by atoms with E-state index in [0.717, 1.165) is 32.1 Å². The highest BCUT2D eigenvalue weighted by Crippen LogP contribution is 2.38. The molecule has 0 bridgehead atoms. The van der Waals surface area contributed by atoms with Crippen LogP contribution in [0.25, 0.3) is 0 Å². The van der Waals surface area contributed by atoms with E-state index in [-0.39, 0.29) is 43.9 Å². The molecule has 11 heteroatoms. The quantitative estimate of drug-likeness (QED) is 0.355. The average Bonchev–Trinajstić information content (AvgIpc) is 2.80. The lowest BCUT2D eigenvalue weighted by Crippen LogP contribution is -2.47. The van der Waals surface area contributed by atoms with Crippen LogP contribution in [0.3, 0.4) is 0 Å². The minimum atomic E-state index is -5.99. The molecule has 0 spiro atoms. The number of halogens is 5. The first-order valence-corrected chi connectivity index (χ1v) is 12.1. The Bertz CT molecular complexity index is 676. The van der Waals surface area contributed by atoms with Crippen molar-refractivity contribution in [3.8, 4) is 0 Å². The van der Waals surface area contributed by atoms with Crippen LogP contribution in [0.5, 0.6) is 0 Å². The van der Waals surface area contributed by atoms with E-state index in [0.29, 0.717) is 18.8 Å². The molecular formula is C23H33F5O6. The monoisotopic (exact) mass is 500 g/mol. The summed E-state index contributed by atoms with van der Waals surface area (Å²) in [6.07, 6.45) is -0.967. The van der Waals surface area contributed by atoms with E-state index >= 15 is 0 Å². The van der Waals surface area contributed by atoms with Crippen molar-refractivity contribution in [1.29, 1.82) is 0 Å². The third-order valence-electron chi connectivity index (χ3n) is 7.04. The summed E-state index contributed by atoms with van der Waals surface area (Å²) in [5, 5.41) is 0. The Balaban J connectivity index is 1.35. The van der Waals surface area contributed by atoms with Gasteiger partial charge in [0.05, 0.1) is 19.1 Å². The Morgan fingerprint density at radius 2 is 1.41 bits per heavy atom. The number of carbonyl (C=O) groups is 2. The Morgan fingerprint density at radius 3 is 1.94 bits per heavy atom. The Morgan fingerprint density at radius 1 is 0.824 bits per heavy atom. The van der Waals surface area contributed by atoms with Gasteiger partial charge in [-0.25, -0.2) is 4.79 Å². The smallest absolute Gasteiger partial charge is 0.458 e. The van der Waals surface area contributed by atoms with Crippen LogP contribution in [0.15, 0.2) is 0 Å². The van der Waals surface area contributed by atoms with Crippen molar-refractivity contribution in [2.75, 3.05) is 13.2 Å². The fraction of sp³-hybridized carbons (Fsp3) is 0.913. The number of rotatable bonds is 7. The van der Waals surface area contributed by atoms with Crippen LogP contribution < -0.4 is 0 Å². The zero-order chi connectivity index (χ0) is 24.9. The summed E-state index contributed by atoms with van der Waals surface area (Å²) in [7, 11) is 0. The minimum absolute atomic E-state index is 0.0893. The molecular weight excluding hydrogens is 467 g/mol. The number of alkyl halides is 5. The molecule has 2 aliphatic carbocycles. The molecule has 1 saturated heterocycles. The molecule has 3 fully saturated rings. The fourth-order valence-electron chi connectivity index (χ4n) is 5.02. The highest BCUT2D eigenvalue weighted by atomic mass is 19.4. The van der Waals surface area contributed by atoms with Gasteiger partial charge < -0.3 is 18.9 Å². The van der Waals surface area contributed by atoms with E-state index in [1.54, 1.807) is 0 Å². The van der Waals surface area contributed by atoms with E-state index in [1.807, 2.05) is 0 Å². The minimum Gasteiger partial charge on any atom is -0.458 e. The van der Waals surface area contributed by atoms with Gasteiger partial charge in [0.25, 0.3) is 0 Å². The third-order valence-corrected chi connectivity index (χ3v) is 7.04. The van der Waals surface area contributed by atoms with Crippen LogP contribution in [0, 0.1) is 17.8 Å². The zero-order valence-corrected chi connectivity index (χ0v) is 19.3. The molecule has 0 aromatic carbocycles. The summed E-state index contributed by atoms with van der Waals surface area (Å²) in [6, 6.07) is 0. The second-order valence-corrected chi connectivity index (χ2v) is 9.61. The number of ether oxygens (including phenoxy) is 4. The Labute approximate surface area is 195 Å². The fourth-order valence-corrected chi connectivity index (χ4v) is 5.02. The van der Waals surface area contributed by atoms with Crippen LogP contribution in [0.1, 0.15) is 71.1 Å². The number of esters is 2. The van der Waals surface area contributed by atoms with Gasteiger partial charge in [-0.2, -0.15) is 22.0 Å². The molecule has 0 aromatic heterocycles. The maximum absolute atomic E-state index is 13.1. The predicted octanol–water partition coefficient (Wildman–Crippen LogP) is 5.18. The molecule has 0 aromatic rings. The van der Waals surface area contributed by atoms with Crippen LogP contribution in [0.4, 0.5) is 22.0 Å². The van der Waals surface area contributed by atoms with Crippen molar-refractivity contribution < 1.29 is 50.5 Å². The summed E-state index contributed by atoms with van der Waals surface area (Å²) in [5.74, 6) is -7.84. The Hall–Kier alpha value is -1.49. The van der Waals surface area contributed by atoms with Gasteiger partial charge in [-0.3, -0.25) is 4.79 Å². The van der Waals surface area contributed by atoms with Gasteiger partial charge in [-0.15, -0.1) is 0 Å². The Kier molecular flexibility index (Phi) is 9.16. The highest BCUT2D eigenvalue weighted by molar-refractivity contribution is 5.78. The van der Waals surface area contributed by atoms with E-state index in [1.165, 1.54) is 6.42 Å². The van der Waals surface area contributed by atoms with Gasteiger partial charge in [-0.05, 0) is 57.3 Å². The van der Waals surface area contributed by atoms with Crippen LogP contribution in [-0.4, -0.2) is 55.7 Å². The van der Waals surface area contributed by atoms with E-state index < -0.39 is 36.6 Å². The van der Waals surface area contributed by atoms with Gasteiger partial charge in [0, 0.05) is 5.92 Å². The van der Waals surface area contributed by atoms with Crippen molar-refractivity contribution in [2.45, 2.75) is 102 Å². The van der Waals surface area contributed by atoms with E-state index in [4.69, 9.17) is 14.2 Å². The van der Waals surface area contributed by atoms with Crippen LogP contribution in [-0.2, 0) is 28.5 Å². The number of hydrogen-bond donors (Lipinski definition) is 0. The lowest BCUT2D eigenvalue weighted by molar-refractivity contribution is -0.283. The molecule has 0 radical (unpaired) electrons. The molecule has 0 unspecified atom stereocenters. The molecule has 2 saturated carbocycles. The highest BCUT2D eigenvalue weighted by Gasteiger charge is 2.65. The topological polar surface area (TPSA) is 71.1 Å². The van der Waals surface area contributed by atoms with Crippen molar-refractivity contribution in [1.82, 2.24) is 0 Å². The van der Waals surface area contributed by atoms with Gasteiger partial charge >= 0.3 is 24.0 Å².